The molecule has 3 nitrogen and oxygen atoms in total. The number of nitrogens with zero attached hydrogens (tertiary/aromatic N) is 1. The first-order valence-electron chi connectivity index (χ1n) is 8.03. The summed E-state index contributed by atoms with van der Waals surface area (Å²) in [6.45, 7) is 4.79. The third-order valence-electron chi connectivity index (χ3n) is 4.45. The van der Waals surface area contributed by atoms with Crippen molar-refractivity contribution in [3.05, 3.63) is 55.7 Å². The molecule has 6 heteroatoms. The molecule has 0 bridgehead atoms. The fourth-order valence-corrected chi connectivity index (χ4v) is 4.38. The second-order valence-electron chi connectivity index (χ2n) is 6.12. The normalized spacial score (nSPS) is 15.8. The van der Waals surface area contributed by atoms with Gasteiger partial charge in [-0.1, -0.05) is 29.3 Å². The molecule has 24 heavy (non-hydrogen) atoms. The summed E-state index contributed by atoms with van der Waals surface area (Å²) in [5, 5.41) is 6.23. The van der Waals surface area contributed by atoms with Crippen LogP contribution in [0.25, 0.3) is 0 Å². The molecule has 1 unspecified atom stereocenters. The van der Waals surface area contributed by atoms with Gasteiger partial charge in [0, 0.05) is 40.6 Å². The van der Waals surface area contributed by atoms with Gasteiger partial charge in [0.2, 0.25) is 5.91 Å². The van der Waals surface area contributed by atoms with Crippen molar-refractivity contribution in [2.24, 2.45) is 0 Å². The smallest absolute Gasteiger partial charge is 0.224 e. The van der Waals surface area contributed by atoms with E-state index in [1.165, 1.54) is 10.4 Å². The third kappa shape index (κ3) is 4.12. The first-order valence-corrected chi connectivity index (χ1v) is 9.67. The Balaban J connectivity index is 1.51. The van der Waals surface area contributed by atoms with E-state index in [0.717, 1.165) is 19.5 Å². The Hall–Kier alpha value is -1.07. The van der Waals surface area contributed by atoms with Crippen LogP contribution in [0.4, 0.5) is 0 Å². The largest absolute Gasteiger partial charge is 0.354 e. The van der Waals surface area contributed by atoms with Crippen LogP contribution in [0.1, 0.15) is 22.9 Å². The van der Waals surface area contributed by atoms with Crippen LogP contribution < -0.4 is 5.32 Å². The Bertz CT molecular complexity index is 711. The van der Waals surface area contributed by atoms with Crippen molar-refractivity contribution in [3.8, 4) is 0 Å². The maximum absolute atomic E-state index is 12.2. The molecule has 0 saturated carbocycles. The summed E-state index contributed by atoms with van der Waals surface area (Å²) in [6, 6.07) is 7.79. The molecule has 1 aromatic heterocycles. The Morgan fingerprint density at radius 3 is 2.83 bits per heavy atom. The first kappa shape index (κ1) is 17.7. The monoisotopic (exact) mass is 382 g/mol. The van der Waals surface area contributed by atoms with Crippen molar-refractivity contribution >= 4 is 40.4 Å². The minimum Gasteiger partial charge on any atom is -0.354 e. The molecule has 1 atom stereocenters. The number of hydrogen-bond donors (Lipinski definition) is 1. The van der Waals surface area contributed by atoms with E-state index in [1.807, 2.05) is 11.3 Å². The van der Waals surface area contributed by atoms with Crippen molar-refractivity contribution in [1.29, 1.82) is 0 Å². The molecule has 0 aliphatic carbocycles. The molecule has 1 amide bonds. The van der Waals surface area contributed by atoms with Gasteiger partial charge in [-0.15, -0.1) is 11.3 Å². The fraction of sp³-hybridized carbons (Fsp3) is 0.389. The molecule has 2 heterocycles. The molecule has 1 N–H and O–H groups in total. The highest BCUT2D eigenvalue weighted by Crippen LogP contribution is 2.26. The SMILES string of the molecule is CC(CNC(=O)Cc1c(Cl)cccc1Cl)N1CCc2sccc2C1. The zero-order valence-corrected chi connectivity index (χ0v) is 15.8. The van der Waals surface area contributed by atoms with E-state index in [4.69, 9.17) is 23.2 Å². The summed E-state index contributed by atoms with van der Waals surface area (Å²) < 4.78 is 0. The second kappa shape index (κ2) is 7.87. The Morgan fingerprint density at radius 2 is 2.08 bits per heavy atom. The van der Waals surface area contributed by atoms with Crippen LogP contribution in [-0.2, 0) is 24.2 Å². The Morgan fingerprint density at radius 1 is 1.33 bits per heavy atom. The zero-order valence-electron chi connectivity index (χ0n) is 13.5. The lowest BCUT2D eigenvalue weighted by Crippen LogP contribution is -2.44. The predicted molar refractivity (Wildman–Crippen MR) is 101 cm³/mol. The number of carbonyl (C=O) groups is 1. The zero-order chi connectivity index (χ0) is 17.1. The van der Waals surface area contributed by atoms with Crippen LogP contribution in [-0.4, -0.2) is 29.9 Å². The summed E-state index contributed by atoms with van der Waals surface area (Å²) >= 11 is 14.1. The number of hydrogen-bond acceptors (Lipinski definition) is 3. The topological polar surface area (TPSA) is 32.3 Å². The highest BCUT2D eigenvalue weighted by Gasteiger charge is 2.21. The van der Waals surface area contributed by atoms with E-state index >= 15 is 0 Å². The van der Waals surface area contributed by atoms with Gasteiger partial charge in [-0.2, -0.15) is 0 Å². The number of nitrogens with one attached hydrogen (secondary N) is 1. The van der Waals surface area contributed by atoms with Crippen LogP contribution in [0.15, 0.2) is 29.6 Å². The molecular formula is C18H20Cl2N2OS. The number of benzene rings is 1. The summed E-state index contributed by atoms with van der Waals surface area (Å²) in [7, 11) is 0. The van der Waals surface area contributed by atoms with Gasteiger partial charge in [-0.05, 0) is 48.1 Å². The number of halogens is 2. The van der Waals surface area contributed by atoms with Gasteiger partial charge < -0.3 is 5.32 Å². The summed E-state index contributed by atoms with van der Waals surface area (Å²) in [4.78, 5) is 16.1. The Labute approximate surface area is 156 Å². The van der Waals surface area contributed by atoms with Gasteiger partial charge in [0.15, 0.2) is 0 Å². The third-order valence-corrected chi connectivity index (χ3v) is 6.19. The van der Waals surface area contributed by atoms with E-state index in [-0.39, 0.29) is 12.3 Å². The van der Waals surface area contributed by atoms with E-state index in [0.29, 0.717) is 28.2 Å². The van der Waals surface area contributed by atoms with Crippen molar-refractivity contribution in [2.45, 2.75) is 32.4 Å². The van der Waals surface area contributed by atoms with Gasteiger partial charge in [-0.25, -0.2) is 0 Å². The summed E-state index contributed by atoms with van der Waals surface area (Å²) in [6.07, 6.45) is 1.31. The molecule has 128 valence electrons. The highest BCUT2D eigenvalue weighted by atomic mass is 35.5. The fourth-order valence-electron chi connectivity index (χ4n) is 2.96. The van der Waals surface area contributed by atoms with E-state index < -0.39 is 0 Å². The highest BCUT2D eigenvalue weighted by molar-refractivity contribution is 7.10. The van der Waals surface area contributed by atoms with Crippen molar-refractivity contribution in [1.82, 2.24) is 10.2 Å². The van der Waals surface area contributed by atoms with Gasteiger partial charge >= 0.3 is 0 Å². The summed E-state index contributed by atoms with van der Waals surface area (Å²) in [5.41, 5.74) is 2.11. The molecule has 1 aliphatic rings. The van der Waals surface area contributed by atoms with Gasteiger partial charge in [0.25, 0.3) is 0 Å². The quantitative estimate of drug-likeness (QED) is 0.841. The van der Waals surface area contributed by atoms with Crippen molar-refractivity contribution in [3.63, 3.8) is 0 Å². The van der Waals surface area contributed by atoms with Crippen molar-refractivity contribution in [2.75, 3.05) is 13.1 Å². The lowest BCUT2D eigenvalue weighted by atomic mass is 10.1. The number of amides is 1. The lowest BCUT2D eigenvalue weighted by Gasteiger charge is -2.32. The van der Waals surface area contributed by atoms with E-state index in [1.54, 1.807) is 18.2 Å². The molecule has 0 radical (unpaired) electrons. The minimum atomic E-state index is -0.0509. The maximum Gasteiger partial charge on any atom is 0.224 e. The average Bonchev–Trinajstić information content (AvgIpc) is 3.03. The first-order chi connectivity index (χ1) is 11.5. The molecule has 0 fully saturated rings. The van der Waals surface area contributed by atoms with Gasteiger partial charge in [0.1, 0.15) is 0 Å². The molecule has 0 saturated heterocycles. The van der Waals surface area contributed by atoms with Crippen LogP contribution >= 0.6 is 34.5 Å². The number of rotatable bonds is 5. The lowest BCUT2D eigenvalue weighted by molar-refractivity contribution is -0.120. The van der Waals surface area contributed by atoms with Crippen LogP contribution in [0, 0.1) is 0 Å². The van der Waals surface area contributed by atoms with Crippen LogP contribution in [0.2, 0.25) is 10.0 Å². The van der Waals surface area contributed by atoms with E-state index in [9.17, 15) is 4.79 Å². The maximum atomic E-state index is 12.2. The molecule has 1 aliphatic heterocycles. The molecule has 3 rings (SSSR count). The second-order valence-corrected chi connectivity index (χ2v) is 7.93. The van der Waals surface area contributed by atoms with Crippen molar-refractivity contribution < 1.29 is 4.79 Å². The molecule has 1 aromatic carbocycles. The standard InChI is InChI=1S/C18H20Cl2N2OS/c1-12(22-7-5-17-13(11-22)6-8-24-17)10-21-18(23)9-14-15(19)3-2-4-16(14)20/h2-4,6,8,12H,5,7,9-11H2,1H3,(H,21,23). The van der Waals surface area contributed by atoms with Crippen LogP contribution in [0.5, 0.6) is 0 Å². The molecular weight excluding hydrogens is 363 g/mol. The Kier molecular flexibility index (Phi) is 5.82. The minimum absolute atomic E-state index is 0.0509. The summed E-state index contributed by atoms with van der Waals surface area (Å²) in [5.74, 6) is -0.0509. The van der Waals surface area contributed by atoms with Gasteiger partial charge in [-0.3, -0.25) is 9.69 Å². The van der Waals surface area contributed by atoms with Gasteiger partial charge in [0.05, 0.1) is 6.42 Å². The molecule has 2 aromatic rings. The number of carbonyl (C=O) groups excluding carboxylic acids is 1. The van der Waals surface area contributed by atoms with E-state index in [2.05, 4.69) is 28.6 Å². The predicted octanol–water partition coefficient (Wildman–Crippen LogP) is 4.16. The van der Waals surface area contributed by atoms with Crippen LogP contribution in [0.3, 0.4) is 0 Å². The number of thiophene rings is 1. The molecule has 0 spiro atoms. The average molecular weight is 383 g/mol. The number of fused-ring (bicyclic) bond motifs is 1.